The minimum absolute atomic E-state index is 0.357. The molecule has 0 aliphatic heterocycles. The second-order valence-corrected chi connectivity index (χ2v) is 6.35. The summed E-state index contributed by atoms with van der Waals surface area (Å²) in [5.74, 6) is -0.937. The number of hydrogen-bond donors (Lipinski definition) is 2. The molecule has 1 amide bonds. The zero-order chi connectivity index (χ0) is 18.9. The number of hydrogen-bond acceptors (Lipinski definition) is 4. The highest BCUT2D eigenvalue weighted by Crippen LogP contribution is 2.20. The molecule has 0 aliphatic rings. The highest BCUT2D eigenvalue weighted by Gasteiger charge is 2.14. The maximum atomic E-state index is 12.3. The molecule has 0 unspecified atom stereocenters. The third-order valence-electron chi connectivity index (χ3n) is 3.79. The quantitative estimate of drug-likeness (QED) is 0.521. The van der Waals surface area contributed by atoms with Crippen LogP contribution in [0.2, 0.25) is 5.02 Å². The Hall–Kier alpha value is -2.53. The summed E-state index contributed by atoms with van der Waals surface area (Å²) in [4.78, 5) is 24.4. The molecule has 5 nitrogen and oxygen atoms in total. The summed E-state index contributed by atoms with van der Waals surface area (Å²) in [6.45, 7) is 4.36. The van der Waals surface area contributed by atoms with Crippen molar-refractivity contribution in [2.45, 2.75) is 26.7 Å². The molecule has 26 heavy (non-hydrogen) atoms. The number of carbonyl (C=O) groups is 2. The van der Waals surface area contributed by atoms with Crippen molar-refractivity contribution in [3.8, 4) is 0 Å². The van der Waals surface area contributed by atoms with Crippen molar-refractivity contribution in [2.24, 2.45) is 0 Å². The lowest BCUT2D eigenvalue weighted by Gasteiger charge is -2.12. The molecule has 2 aromatic rings. The molecule has 0 heterocycles. The van der Waals surface area contributed by atoms with Crippen LogP contribution in [-0.4, -0.2) is 25.0 Å². The number of esters is 1. The molecule has 0 radical (unpaired) electrons. The second-order valence-electron chi connectivity index (χ2n) is 5.91. The number of rotatable bonds is 8. The molecule has 0 bridgehead atoms. The Morgan fingerprint density at radius 1 is 1.12 bits per heavy atom. The number of para-hydroxylation sites is 1. The molecule has 0 aromatic heterocycles. The lowest BCUT2D eigenvalue weighted by Crippen LogP contribution is -2.22. The Morgan fingerprint density at radius 2 is 1.88 bits per heavy atom. The van der Waals surface area contributed by atoms with Crippen molar-refractivity contribution in [3.05, 3.63) is 58.6 Å². The summed E-state index contributed by atoms with van der Waals surface area (Å²) in [6, 6.07) is 12.3. The SMILES string of the molecule is CCCCNc1ccccc1C(=O)OCC(=O)Nc1ccc(Cl)cc1C. The molecular formula is C20H23ClN2O3. The molecule has 2 aromatic carbocycles. The zero-order valence-corrected chi connectivity index (χ0v) is 15.7. The van der Waals surface area contributed by atoms with Gasteiger partial charge in [0.05, 0.1) is 5.56 Å². The van der Waals surface area contributed by atoms with Gasteiger partial charge in [-0.15, -0.1) is 0 Å². The van der Waals surface area contributed by atoms with Gasteiger partial charge in [0.2, 0.25) is 0 Å². The van der Waals surface area contributed by atoms with Gasteiger partial charge in [0.1, 0.15) is 0 Å². The highest BCUT2D eigenvalue weighted by atomic mass is 35.5. The number of ether oxygens (including phenoxy) is 1. The monoisotopic (exact) mass is 374 g/mol. The third kappa shape index (κ3) is 5.77. The fraction of sp³-hybridized carbons (Fsp3) is 0.300. The van der Waals surface area contributed by atoms with E-state index in [0.29, 0.717) is 22.0 Å². The van der Waals surface area contributed by atoms with Crippen LogP contribution in [0.3, 0.4) is 0 Å². The van der Waals surface area contributed by atoms with E-state index in [-0.39, 0.29) is 6.61 Å². The Balaban J connectivity index is 1.92. The molecule has 0 saturated carbocycles. The Morgan fingerprint density at radius 3 is 2.62 bits per heavy atom. The smallest absolute Gasteiger partial charge is 0.340 e. The summed E-state index contributed by atoms with van der Waals surface area (Å²) >= 11 is 5.90. The van der Waals surface area contributed by atoms with E-state index in [9.17, 15) is 9.59 Å². The summed E-state index contributed by atoms with van der Waals surface area (Å²) in [6.07, 6.45) is 2.07. The fourth-order valence-corrected chi connectivity index (χ4v) is 2.60. The van der Waals surface area contributed by atoms with Gasteiger partial charge in [0.15, 0.2) is 6.61 Å². The first-order chi connectivity index (χ1) is 12.5. The first-order valence-electron chi connectivity index (χ1n) is 8.57. The number of carbonyl (C=O) groups excluding carboxylic acids is 2. The van der Waals surface area contributed by atoms with E-state index in [2.05, 4.69) is 17.6 Å². The van der Waals surface area contributed by atoms with Gasteiger partial charge < -0.3 is 15.4 Å². The Bertz CT molecular complexity index is 777. The number of amides is 1. The molecule has 0 fully saturated rings. The molecular weight excluding hydrogens is 352 g/mol. The van der Waals surface area contributed by atoms with Gasteiger partial charge in [-0.1, -0.05) is 37.1 Å². The predicted molar refractivity (Wildman–Crippen MR) is 105 cm³/mol. The molecule has 6 heteroatoms. The number of halogens is 1. The van der Waals surface area contributed by atoms with Gasteiger partial charge in [0.25, 0.3) is 5.91 Å². The first-order valence-corrected chi connectivity index (χ1v) is 8.95. The number of aryl methyl sites for hydroxylation is 1. The van der Waals surface area contributed by atoms with Crippen molar-refractivity contribution in [3.63, 3.8) is 0 Å². The topological polar surface area (TPSA) is 67.4 Å². The number of unbranched alkanes of at least 4 members (excludes halogenated alkanes) is 1. The van der Waals surface area contributed by atoms with E-state index >= 15 is 0 Å². The van der Waals surface area contributed by atoms with Crippen molar-refractivity contribution in [1.29, 1.82) is 0 Å². The van der Waals surface area contributed by atoms with E-state index < -0.39 is 11.9 Å². The molecule has 0 atom stereocenters. The maximum Gasteiger partial charge on any atom is 0.340 e. The molecule has 138 valence electrons. The summed E-state index contributed by atoms with van der Waals surface area (Å²) in [5, 5.41) is 6.53. The standard InChI is InChI=1S/C20H23ClN2O3/c1-3-4-11-22-18-8-6-5-7-16(18)20(25)26-13-19(24)23-17-10-9-15(21)12-14(17)2/h5-10,12,22H,3-4,11,13H2,1-2H3,(H,23,24). The van der Waals surface area contributed by atoms with Gasteiger partial charge in [-0.3, -0.25) is 4.79 Å². The third-order valence-corrected chi connectivity index (χ3v) is 4.02. The van der Waals surface area contributed by atoms with E-state index in [1.807, 2.05) is 19.1 Å². The van der Waals surface area contributed by atoms with Crippen molar-refractivity contribution < 1.29 is 14.3 Å². The van der Waals surface area contributed by atoms with E-state index in [4.69, 9.17) is 16.3 Å². The van der Waals surface area contributed by atoms with E-state index in [0.717, 1.165) is 24.9 Å². The lowest BCUT2D eigenvalue weighted by molar-refractivity contribution is -0.119. The fourth-order valence-electron chi connectivity index (χ4n) is 2.38. The predicted octanol–water partition coefficient (Wildman–Crippen LogP) is 4.66. The first kappa shape index (κ1) is 19.8. The molecule has 2 rings (SSSR count). The van der Waals surface area contributed by atoms with E-state index in [1.54, 1.807) is 30.3 Å². The zero-order valence-electron chi connectivity index (χ0n) is 15.0. The summed E-state index contributed by atoms with van der Waals surface area (Å²) in [7, 11) is 0. The lowest BCUT2D eigenvalue weighted by atomic mass is 10.1. The van der Waals surface area contributed by atoms with Gasteiger partial charge >= 0.3 is 5.97 Å². The summed E-state index contributed by atoms with van der Waals surface area (Å²) < 4.78 is 5.16. The normalized spacial score (nSPS) is 10.3. The average molecular weight is 375 g/mol. The molecule has 0 spiro atoms. The van der Waals surface area contributed by atoms with Crippen LogP contribution in [0.4, 0.5) is 11.4 Å². The second kappa shape index (κ2) is 9.82. The average Bonchev–Trinajstić information content (AvgIpc) is 2.63. The van der Waals surface area contributed by atoms with Crippen LogP contribution in [0.1, 0.15) is 35.7 Å². The van der Waals surface area contributed by atoms with Crippen LogP contribution in [0.5, 0.6) is 0 Å². The highest BCUT2D eigenvalue weighted by molar-refractivity contribution is 6.30. The largest absolute Gasteiger partial charge is 0.452 e. The van der Waals surface area contributed by atoms with Crippen molar-refractivity contribution in [1.82, 2.24) is 0 Å². The van der Waals surface area contributed by atoms with Gasteiger partial charge in [-0.05, 0) is 49.2 Å². The van der Waals surface area contributed by atoms with Crippen molar-refractivity contribution in [2.75, 3.05) is 23.8 Å². The van der Waals surface area contributed by atoms with E-state index in [1.165, 1.54) is 0 Å². The molecule has 2 N–H and O–H groups in total. The van der Waals surface area contributed by atoms with Crippen molar-refractivity contribution >= 4 is 34.9 Å². The van der Waals surface area contributed by atoms with Gasteiger partial charge in [-0.2, -0.15) is 0 Å². The van der Waals surface area contributed by atoms with Crippen LogP contribution in [0.25, 0.3) is 0 Å². The molecule has 0 saturated heterocycles. The Labute approximate surface area is 158 Å². The number of nitrogens with one attached hydrogen (secondary N) is 2. The van der Waals surface area contributed by atoms with Crippen LogP contribution in [-0.2, 0) is 9.53 Å². The van der Waals surface area contributed by atoms with Crippen LogP contribution in [0, 0.1) is 6.92 Å². The Kier molecular flexibility index (Phi) is 7.48. The minimum Gasteiger partial charge on any atom is -0.452 e. The maximum absolute atomic E-state index is 12.3. The summed E-state index contributed by atoms with van der Waals surface area (Å²) in [5.41, 5.74) is 2.60. The van der Waals surface area contributed by atoms with Crippen LogP contribution < -0.4 is 10.6 Å². The van der Waals surface area contributed by atoms with Crippen LogP contribution in [0.15, 0.2) is 42.5 Å². The molecule has 0 aliphatic carbocycles. The van der Waals surface area contributed by atoms with Gasteiger partial charge in [-0.25, -0.2) is 4.79 Å². The number of benzene rings is 2. The van der Waals surface area contributed by atoms with Crippen LogP contribution >= 0.6 is 11.6 Å². The minimum atomic E-state index is -0.535. The number of anilines is 2. The van der Waals surface area contributed by atoms with Gasteiger partial charge in [0, 0.05) is 22.9 Å².